The van der Waals surface area contributed by atoms with E-state index in [1.807, 2.05) is 11.3 Å². The monoisotopic (exact) mass is 299 g/mol. The van der Waals surface area contributed by atoms with Gasteiger partial charge in [-0.1, -0.05) is 20.8 Å². The predicted octanol–water partition coefficient (Wildman–Crippen LogP) is 3.24. The number of anilines is 1. The lowest BCUT2D eigenvalue weighted by Crippen LogP contribution is -2.26. The van der Waals surface area contributed by atoms with Crippen LogP contribution in [0, 0.1) is 0 Å². The Morgan fingerprint density at radius 3 is 2.65 bits per heavy atom. The van der Waals surface area contributed by atoms with Crippen molar-refractivity contribution < 1.29 is 4.74 Å². The highest BCUT2D eigenvalue weighted by Gasteiger charge is 2.17. The number of nitrogens with zero attached hydrogens (tertiary/aromatic N) is 2. The van der Waals surface area contributed by atoms with Crippen LogP contribution >= 0.6 is 11.3 Å². The van der Waals surface area contributed by atoms with Gasteiger partial charge in [-0.2, -0.15) is 0 Å². The summed E-state index contributed by atoms with van der Waals surface area (Å²) in [7, 11) is 1.75. The van der Waals surface area contributed by atoms with Crippen LogP contribution in [0.25, 0.3) is 0 Å². The summed E-state index contributed by atoms with van der Waals surface area (Å²) in [5.41, 5.74) is 1.24. The summed E-state index contributed by atoms with van der Waals surface area (Å²) in [6, 6.07) is 0. The third kappa shape index (κ3) is 5.04. The summed E-state index contributed by atoms with van der Waals surface area (Å²) >= 11 is 1.82. The molecular formula is C15H29N3OS. The molecule has 0 radical (unpaired) electrons. The number of nitrogens with one attached hydrogen (secondary N) is 1. The van der Waals surface area contributed by atoms with Crippen molar-refractivity contribution in [3.8, 4) is 0 Å². The second-order valence-electron chi connectivity index (χ2n) is 5.21. The van der Waals surface area contributed by atoms with Crippen LogP contribution in [0.15, 0.2) is 0 Å². The second-order valence-corrected chi connectivity index (χ2v) is 6.27. The molecule has 116 valence electrons. The number of methoxy groups -OCH3 is 1. The number of thiazole rings is 1. The Morgan fingerprint density at radius 1 is 1.35 bits per heavy atom. The molecule has 0 amide bonds. The molecule has 0 saturated carbocycles. The first-order chi connectivity index (χ1) is 9.63. The van der Waals surface area contributed by atoms with Crippen molar-refractivity contribution in [2.75, 3.05) is 38.3 Å². The van der Waals surface area contributed by atoms with Gasteiger partial charge in [0.05, 0.1) is 12.3 Å². The lowest BCUT2D eigenvalue weighted by Gasteiger charge is -2.18. The van der Waals surface area contributed by atoms with Crippen LogP contribution < -0.4 is 10.2 Å². The normalized spacial score (nSPS) is 11.3. The largest absolute Gasteiger partial charge is 0.383 e. The summed E-state index contributed by atoms with van der Waals surface area (Å²) < 4.78 is 5.18. The fourth-order valence-corrected chi connectivity index (χ4v) is 3.31. The van der Waals surface area contributed by atoms with Crippen LogP contribution in [0.5, 0.6) is 0 Å². The van der Waals surface area contributed by atoms with E-state index in [1.54, 1.807) is 7.11 Å². The maximum Gasteiger partial charge on any atom is 0.185 e. The number of hydrogen-bond acceptors (Lipinski definition) is 5. The molecule has 0 fully saturated rings. The Balaban J connectivity index is 2.83. The van der Waals surface area contributed by atoms with Crippen molar-refractivity contribution in [1.29, 1.82) is 0 Å². The van der Waals surface area contributed by atoms with Crippen molar-refractivity contribution >= 4 is 16.5 Å². The molecule has 0 aromatic carbocycles. The number of hydrogen-bond donors (Lipinski definition) is 1. The molecule has 5 heteroatoms. The fraction of sp³-hybridized carbons (Fsp3) is 0.800. The summed E-state index contributed by atoms with van der Waals surface area (Å²) in [6.07, 6.45) is 1.16. The lowest BCUT2D eigenvalue weighted by molar-refractivity contribution is 0.205. The molecule has 0 spiro atoms. The highest BCUT2D eigenvalue weighted by Crippen LogP contribution is 2.30. The van der Waals surface area contributed by atoms with E-state index in [2.05, 4.69) is 37.9 Å². The standard InChI is InChI=1S/C15H29N3OS/c1-6-8-16-11-13-14(12(3)4)17-15(20-13)18(7-2)9-10-19-5/h12,16H,6-11H2,1-5H3. The number of likely N-dealkylation sites (N-methyl/N-ethyl adjacent to an activating group) is 1. The van der Waals surface area contributed by atoms with Gasteiger partial charge in [0, 0.05) is 31.6 Å². The molecule has 1 aromatic heterocycles. The zero-order valence-corrected chi connectivity index (χ0v) is 14.3. The van der Waals surface area contributed by atoms with Gasteiger partial charge in [0.15, 0.2) is 5.13 Å². The molecule has 0 aliphatic rings. The van der Waals surface area contributed by atoms with Gasteiger partial charge in [-0.15, -0.1) is 11.3 Å². The van der Waals surface area contributed by atoms with Gasteiger partial charge in [0.2, 0.25) is 0 Å². The highest BCUT2D eigenvalue weighted by molar-refractivity contribution is 7.15. The van der Waals surface area contributed by atoms with E-state index < -0.39 is 0 Å². The number of ether oxygens (including phenoxy) is 1. The Morgan fingerprint density at radius 2 is 2.10 bits per heavy atom. The molecule has 1 rings (SSSR count). The van der Waals surface area contributed by atoms with Gasteiger partial charge in [0.25, 0.3) is 0 Å². The molecule has 1 heterocycles. The smallest absolute Gasteiger partial charge is 0.185 e. The molecule has 0 atom stereocenters. The third-order valence-corrected chi connectivity index (χ3v) is 4.32. The number of rotatable bonds is 10. The van der Waals surface area contributed by atoms with Gasteiger partial charge >= 0.3 is 0 Å². The van der Waals surface area contributed by atoms with E-state index in [0.717, 1.165) is 44.3 Å². The zero-order chi connectivity index (χ0) is 15.0. The van der Waals surface area contributed by atoms with Crippen LogP contribution in [-0.2, 0) is 11.3 Å². The van der Waals surface area contributed by atoms with E-state index in [4.69, 9.17) is 9.72 Å². The first kappa shape index (κ1) is 17.4. The van der Waals surface area contributed by atoms with Gasteiger partial charge in [-0.05, 0) is 25.8 Å². The van der Waals surface area contributed by atoms with E-state index in [1.165, 1.54) is 10.6 Å². The third-order valence-electron chi connectivity index (χ3n) is 3.19. The minimum Gasteiger partial charge on any atom is -0.383 e. The molecule has 0 unspecified atom stereocenters. The topological polar surface area (TPSA) is 37.4 Å². The van der Waals surface area contributed by atoms with Crippen LogP contribution in [0.3, 0.4) is 0 Å². The summed E-state index contributed by atoms with van der Waals surface area (Å²) in [6.45, 7) is 13.4. The molecule has 0 aliphatic heterocycles. The van der Waals surface area contributed by atoms with E-state index >= 15 is 0 Å². The molecule has 0 bridgehead atoms. The van der Waals surface area contributed by atoms with E-state index in [-0.39, 0.29) is 0 Å². The lowest BCUT2D eigenvalue weighted by atomic mass is 10.1. The first-order valence-corrected chi connectivity index (χ1v) is 8.39. The average molecular weight is 299 g/mol. The van der Waals surface area contributed by atoms with E-state index in [0.29, 0.717) is 5.92 Å². The van der Waals surface area contributed by atoms with Crippen molar-refractivity contribution in [3.63, 3.8) is 0 Å². The first-order valence-electron chi connectivity index (χ1n) is 7.58. The summed E-state index contributed by atoms with van der Waals surface area (Å²) in [5.74, 6) is 0.472. The van der Waals surface area contributed by atoms with Gasteiger partial charge in [-0.25, -0.2) is 4.98 Å². The second kappa shape index (κ2) is 9.32. The summed E-state index contributed by atoms with van der Waals surface area (Å²) in [4.78, 5) is 8.53. The molecule has 1 N–H and O–H groups in total. The Hall–Kier alpha value is -0.650. The van der Waals surface area contributed by atoms with Crippen LogP contribution in [0.2, 0.25) is 0 Å². The Kier molecular flexibility index (Phi) is 8.11. The number of aromatic nitrogens is 1. The van der Waals surface area contributed by atoms with Crippen molar-refractivity contribution in [1.82, 2.24) is 10.3 Å². The van der Waals surface area contributed by atoms with Crippen LogP contribution in [0.1, 0.15) is 50.6 Å². The maximum atomic E-state index is 5.18. The Labute approximate surface area is 127 Å². The minimum absolute atomic E-state index is 0.472. The molecule has 0 saturated heterocycles. The minimum atomic E-state index is 0.472. The van der Waals surface area contributed by atoms with Crippen molar-refractivity contribution in [2.45, 2.75) is 46.6 Å². The Bertz CT molecular complexity index is 379. The predicted molar refractivity (Wildman–Crippen MR) is 88.0 cm³/mol. The quantitative estimate of drug-likeness (QED) is 0.673. The van der Waals surface area contributed by atoms with Crippen LogP contribution in [0.4, 0.5) is 5.13 Å². The van der Waals surface area contributed by atoms with Crippen LogP contribution in [-0.4, -0.2) is 38.3 Å². The highest BCUT2D eigenvalue weighted by atomic mass is 32.1. The SMILES string of the molecule is CCCNCc1sc(N(CC)CCOC)nc1C(C)C. The maximum absolute atomic E-state index is 5.18. The van der Waals surface area contributed by atoms with Gasteiger partial charge in [-0.3, -0.25) is 0 Å². The fourth-order valence-electron chi connectivity index (χ4n) is 2.03. The average Bonchev–Trinajstić information content (AvgIpc) is 2.84. The molecule has 4 nitrogen and oxygen atoms in total. The molecule has 1 aromatic rings. The molecular weight excluding hydrogens is 270 g/mol. The van der Waals surface area contributed by atoms with Gasteiger partial charge < -0.3 is 15.0 Å². The van der Waals surface area contributed by atoms with E-state index in [9.17, 15) is 0 Å². The zero-order valence-electron chi connectivity index (χ0n) is 13.5. The van der Waals surface area contributed by atoms with Crippen molar-refractivity contribution in [2.24, 2.45) is 0 Å². The van der Waals surface area contributed by atoms with Gasteiger partial charge in [0.1, 0.15) is 0 Å². The summed E-state index contributed by atoms with van der Waals surface area (Å²) in [5, 5.41) is 4.61. The molecule has 0 aliphatic carbocycles. The van der Waals surface area contributed by atoms with Crippen molar-refractivity contribution in [3.05, 3.63) is 10.6 Å². The molecule has 20 heavy (non-hydrogen) atoms.